The zero-order chi connectivity index (χ0) is 14.4. The van der Waals surface area contributed by atoms with E-state index in [1.807, 2.05) is 0 Å². The van der Waals surface area contributed by atoms with E-state index < -0.39 is 18.0 Å². The molecule has 108 valence electrons. The van der Waals surface area contributed by atoms with Crippen molar-refractivity contribution in [3.05, 3.63) is 35.9 Å². The van der Waals surface area contributed by atoms with Gasteiger partial charge in [0.2, 0.25) is 0 Å². The zero-order valence-electron chi connectivity index (χ0n) is 11.0. The summed E-state index contributed by atoms with van der Waals surface area (Å²) in [5.74, 6) is -1.09. The summed E-state index contributed by atoms with van der Waals surface area (Å²) >= 11 is 0. The minimum absolute atomic E-state index is 0.0285. The number of carbonyl (C=O) groups excluding carboxylic acids is 1. The monoisotopic (exact) mass is 278 g/mol. The molecule has 20 heavy (non-hydrogen) atoms. The maximum absolute atomic E-state index is 11.7. The first kappa shape index (κ1) is 14.3. The average Bonchev–Trinajstić information content (AvgIpc) is 2.96. The molecule has 6 heteroatoms. The fraction of sp³-hybridized carbons (Fsp3) is 0.429. The van der Waals surface area contributed by atoms with Gasteiger partial charge in [-0.3, -0.25) is 0 Å². The average molecular weight is 278 g/mol. The number of aliphatic carboxylic acids is 1. The number of ether oxygens (including phenoxy) is 1. The summed E-state index contributed by atoms with van der Waals surface area (Å²) in [7, 11) is 0. The van der Waals surface area contributed by atoms with Gasteiger partial charge in [0.25, 0.3) is 0 Å². The topological polar surface area (TPSA) is 87.7 Å². The second-order valence-electron chi connectivity index (χ2n) is 4.67. The summed E-state index contributed by atoms with van der Waals surface area (Å²) in [6.07, 6.45) is 1.94. The molecule has 0 aliphatic carbocycles. The van der Waals surface area contributed by atoms with Gasteiger partial charge in [0.1, 0.15) is 0 Å². The second kappa shape index (κ2) is 6.91. The van der Waals surface area contributed by atoms with Crippen LogP contribution in [-0.4, -0.2) is 36.4 Å². The summed E-state index contributed by atoms with van der Waals surface area (Å²) in [6, 6.07) is 7.03. The minimum atomic E-state index is -1.09. The Kier molecular flexibility index (Phi) is 4.95. The molecule has 2 atom stereocenters. The number of benzene rings is 1. The molecule has 0 aromatic heterocycles. The Morgan fingerprint density at radius 2 is 2.10 bits per heavy atom. The Morgan fingerprint density at radius 3 is 2.70 bits per heavy atom. The van der Waals surface area contributed by atoms with Crippen molar-refractivity contribution >= 4 is 12.0 Å². The number of carboxylic acid groups (broad SMARTS) is 1. The molecule has 3 N–H and O–H groups in total. The standard InChI is InChI=1S/C14H18N2O4/c17-13(18)12(10-5-2-1-3-6-10)16-14(19)15-9-11-7-4-8-20-11/h1-3,5-6,11-12H,4,7-9H2,(H,17,18)(H2,15,16,19)/t11?,12-/m1/s1. The summed E-state index contributed by atoms with van der Waals surface area (Å²) < 4.78 is 5.38. The van der Waals surface area contributed by atoms with Gasteiger partial charge in [-0.05, 0) is 18.4 Å². The van der Waals surface area contributed by atoms with Gasteiger partial charge < -0.3 is 20.5 Å². The Balaban J connectivity index is 1.87. The van der Waals surface area contributed by atoms with Crippen molar-refractivity contribution in [1.29, 1.82) is 0 Å². The highest BCUT2D eigenvalue weighted by Gasteiger charge is 2.22. The van der Waals surface area contributed by atoms with Gasteiger partial charge in [-0.2, -0.15) is 0 Å². The van der Waals surface area contributed by atoms with Gasteiger partial charge in [0, 0.05) is 13.2 Å². The molecule has 1 saturated heterocycles. The molecular weight excluding hydrogens is 260 g/mol. The van der Waals surface area contributed by atoms with E-state index in [1.54, 1.807) is 30.3 Å². The molecule has 1 heterocycles. The molecule has 0 bridgehead atoms. The van der Waals surface area contributed by atoms with E-state index in [0.29, 0.717) is 12.1 Å². The van der Waals surface area contributed by atoms with Gasteiger partial charge in [-0.15, -0.1) is 0 Å². The molecule has 1 aromatic carbocycles. The van der Waals surface area contributed by atoms with Gasteiger partial charge >= 0.3 is 12.0 Å². The maximum Gasteiger partial charge on any atom is 0.330 e. The van der Waals surface area contributed by atoms with Crippen LogP contribution in [0.4, 0.5) is 4.79 Å². The van der Waals surface area contributed by atoms with Gasteiger partial charge in [0.05, 0.1) is 6.10 Å². The molecule has 1 aliphatic rings. The number of hydrogen-bond donors (Lipinski definition) is 3. The minimum Gasteiger partial charge on any atom is -0.479 e. The van der Waals surface area contributed by atoms with E-state index in [0.717, 1.165) is 19.4 Å². The molecular formula is C14H18N2O4. The third kappa shape index (κ3) is 3.96. The van der Waals surface area contributed by atoms with Crippen LogP contribution >= 0.6 is 0 Å². The van der Waals surface area contributed by atoms with E-state index >= 15 is 0 Å². The predicted molar refractivity (Wildman–Crippen MR) is 72.3 cm³/mol. The van der Waals surface area contributed by atoms with Gasteiger partial charge in [0.15, 0.2) is 6.04 Å². The van der Waals surface area contributed by atoms with Crippen LogP contribution in [0.5, 0.6) is 0 Å². The van der Waals surface area contributed by atoms with Crippen molar-refractivity contribution < 1.29 is 19.4 Å². The highest BCUT2D eigenvalue weighted by Crippen LogP contribution is 2.13. The Labute approximate surface area is 117 Å². The first-order valence-corrected chi connectivity index (χ1v) is 6.60. The van der Waals surface area contributed by atoms with E-state index in [2.05, 4.69) is 10.6 Å². The van der Waals surface area contributed by atoms with Crippen LogP contribution in [0.2, 0.25) is 0 Å². The third-order valence-corrected chi connectivity index (χ3v) is 3.17. The predicted octanol–water partition coefficient (Wildman–Crippen LogP) is 1.29. The fourth-order valence-electron chi connectivity index (χ4n) is 2.13. The molecule has 6 nitrogen and oxygen atoms in total. The lowest BCUT2D eigenvalue weighted by atomic mass is 10.1. The van der Waals surface area contributed by atoms with E-state index in [9.17, 15) is 14.7 Å². The molecule has 0 spiro atoms. The number of carbonyl (C=O) groups is 2. The van der Waals surface area contributed by atoms with E-state index in [-0.39, 0.29) is 6.10 Å². The smallest absolute Gasteiger partial charge is 0.330 e. The lowest BCUT2D eigenvalue weighted by Crippen LogP contribution is -2.43. The Morgan fingerprint density at radius 1 is 1.35 bits per heavy atom. The first-order valence-electron chi connectivity index (χ1n) is 6.60. The largest absolute Gasteiger partial charge is 0.479 e. The SMILES string of the molecule is O=C(NCC1CCCO1)N[C@@H](C(=O)O)c1ccccc1. The molecule has 2 amide bonds. The zero-order valence-corrected chi connectivity index (χ0v) is 11.0. The quantitative estimate of drug-likeness (QED) is 0.757. The van der Waals surface area contributed by atoms with Crippen LogP contribution in [-0.2, 0) is 9.53 Å². The molecule has 0 radical (unpaired) electrons. The number of rotatable bonds is 5. The van der Waals surface area contributed by atoms with Crippen molar-refractivity contribution in [2.75, 3.05) is 13.2 Å². The fourth-order valence-corrected chi connectivity index (χ4v) is 2.13. The van der Waals surface area contributed by atoms with Crippen molar-refractivity contribution in [3.8, 4) is 0 Å². The van der Waals surface area contributed by atoms with Crippen LogP contribution < -0.4 is 10.6 Å². The number of urea groups is 1. The van der Waals surface area contributed by atoms with Gasteiger partial charge in [-0.1, -0.05) is 30.3 Å². The summed E-state index contributed by atoms with van der Waals surface area (Å²) in [4.78, 5) is 23.0. The van der Waals surface area contributed by atoms with Crippen LogP contribution in [0, 0.1) is 0 Å². The van der Waals surface area contributed by atoms with Crippen LogP contribution in [0.15, 0.2) is 30.3 Å². The van der Waals surface area contributed by atoms with E-state index in [4.69, 9.17) is 4.74 Å². The molecule has 0 saturated carbocycles. The number of nitrogens with one attached hydrogen (secondary N) is 2. The molecule has 1 fully saturated rings. The maximum atomic E-state index is 11.7. The molecule has 2 rings (SSSR count). The Hall–Kier alpha value is -2.08. The lowest BCUT2D eigenvalue weighted by molar-refractivity contribution is -0.139. The highest BCUT2D eigenvalue weighted by molar-refractivity contribution is 5.83. The number of amides is 2. The van der Waals surface area contributed by atoms with Crippen molar-refractivity contribution in [1.82, 2.24) is 10.6 Å². The lowest BCUT2D eigenvalue weighted by Gasteiger charge is -2.16. The van der Waals surface area contributed by atoms with Crippen molar-refractivity contribution in [2.45, 2.75) is 25.0 Å². The summed E-state index contributed by atoms with van der Waals surface area (Å²) in [5.41, 5.74) is 0.535. The van der Waals surface area contributed by atoms with Crippen molar-refractivity contribution in [2.24, 2.45) is 0 Å². The highest BCUT2D eigenvalue weighted by atomic mass is 16.5. The number of hydrogen-bond acceptors (Lipinski definition) is 3. The summed E-state index contributed by atoms with van der Waals surface area (Å²) in [6.45, 7) is 1.11. The third-order valence-electron chi connectivity index (χ3n) is 3.17. The van der Waals surface area contributed by atoms with Crippen LogP contribution in [0.1, 0.15) is 24.4 Å². The number of carboxylic acids is 1. The molecule has 1 aliphatic heterocycles. The normalized spacial score (nSPS) is 19.3. The van der Waals surface area contributed by atoms with Gasteiger partial charge in [-0.25, -0.2) is 9.59 Å². The van der Waals surface area contributed by atoms with Crippen molar-refractivity contribution in [3.63, 3.8) is 0 Å². The van der Waals surface area contributed by atoms with Crippen LogP contribution in [0.3, 0.4) is 0 Å². The first-order chi connectivity index (χ1) is 9.66. The molecule has 1 aromatic rings. The second-order valence-corrected chi connectivity index (χ2v) is 4.67. The summed E-state index contributed by atoms with van der Waals surface area (Å²) in [5, 5.41) is 14.3. The van der Waals surface area contributed by atoms with E-state index in [1.165, 1.54) is 0 Å². The Bertz CT molecular complexity index is 458. The molecule has 1 unspecified atom stereocenters. The van der Waals surface area contributed by atoms with Crippen LogP contribution in [0.25, 0.3) is 0 Å².